The van der Waals surface area contributed by atoms with Crippen LogP contribution in [0.5, 0.6) is 0 Å². The van der Waals surface area contributed by atoms with Gasteiger partial charge in [-0.25, -0.2) is 6.42 Å². The minimum Gasteiger partial charge on any atom is -1.00 e. The van der Waals surface area contributed by atoms with Gasteiger partial charge in [0.1, 0.15) is 0 Å². The molecule has 0 radical (unpaired) electrons. The second-order valence-electron chi connectivity index (χ2n) is 0.612. The van der Waals surface area contributed by atoms with E-state index in [2.05, 4.69) is 6.08 Å². The molecule has 0 aromatic rings. The fraction of sp³-hybridized carbons (Fsp3) is 0.333. The fourth-order valence-electron chi connectivity index (χ4n) is 0. The maximum atomic E-state index is 2.88. The molecule has 0 aromatic carbocycles. The van der Waals surface area contributed by atoms with Gasteiger partial charge < -0.3 is 23.1 Å². The third kappa shape index (κ3) is 11.3. The van der Waals surface area contributed by atoms with E-state index in [0.29, 0.717) is 0 Å². The molecule has 0 fully saturated rings. The summed E-state index contributed by atoms with van der Waals surface area (Å²) in [5, 5.41) is 0. The van der Waals surface area contributed by atoms with E-state index in [1.165, 1.54) is 0 Å². The molecule has 0 spiro atoms. The molecule has 0 atom stereocenters. The zero-order valence-corrected chi connectivity index (χ0v) is 5.87. The standard InChI is InChI=1S/C3H3.BrH.Mg/c1-2-3-1;;/h1H,2H2;1H;/q-1;;+2/p-1. The Morgan fingerprint density at radius 3 is 1.80 bits per heavy atom. The molecule has 0 unspecified atom stereocenters. The minimum absolute atomic E-state index is 0. The van der Waals surface area contributed by atoms with Gasteiger partial charge in [0.15, 0.2) is 0 Å². The van der Waals surface area contributed by atoms with Crippen LogP contribution in [0.4, 0.5) is 0 Å². The molecule has 0 N–H and O–H groups in total. The van der Waals surface area contributed by atoms with Crippen LogP contribution in [0.25, 0.3) is 0 Å². The van der Waals surface area contributed by atoms with Crippen molar-refractivity contribution in [2.24, 2.45) is 0 Å². The summed E-state index contributed by atoms with van der Waals surface area (Å²) < 4.78 is 0. The van der Waals surface area contributed by atoms with E-state index in [9.17, 15) is 0 Å². The zero-order chi connectivity index (χ0) is 2.12. The Balaban J connectivity index is 0. The summed E-state index contributed by atoms with van der Waals surface area (Å²) in [5.74, 6) is 0. The van der Waals surface area contributed by atoms with Gasteiger partial charge in [-0.3, -0.25) is 6.08 Å². The molecule has 0 saturated carbocycles. The van der Waals surface area contributed by atoms with E-state index in [0.717, 1.165) is 6.42 Å². The molecule has 5 heavy (non-hydrogen) atoms. The molecule has 0 nitrogen and oxygen atoms in total. The first-order valence-electron chi connectivity index (χ1n) is 1.05. The summed E-state index contributed by atoms with van der Waals surface area (Å²) in [6, 6.07) is 0. The van der Waals surface area contributed by atoms with Crippen molar-refractivity contribution in [3.63, 3.8) is 0 Å². The van der Waals surface area contributed by atoms with Crippen molar-refractivity contribution >= 4 is 23.1 Å². The first-order chi connectivity index (χ1) is 1.50. The Labute approximate surface area is 58.6 Å². The maximum Gasteiger partial charge on any atom is 2.00 e. The minimum atomic E-state index is 0. The smallest absolute Gasteiger partial charge is 1.00 e. The van der Waals surface area contributed by atoms with Gasteiger partial charge in [-0.2, -0.15) is 0 Å². The van der Waals surface area contributed by atoms with Gasteiger partial charge in [-0.1, -0.05) is 0 Å². The van der Waals surface area contributed by atoms with E-state index < -0.39 is 0 Å². The van der Waals surface area contributed by atoms with Crippen LogP contribution in [0.1, 0.15) is 6.42 Å². The van der Waals surface area contributed by atoms with E-state index in [-0.39, 0.29) is 40.0 Å². The Morgan fingerprint density at radius 2 is 1.80 bits per heavy atom. The Hall–Kier alpha value is 0.986. The van der Waals surface area contributed by atoms with Crippen molar-refractivity contribution in [2.75, 3.05) is 0 Å². The second kappa shape index (κ2) is 4.99. The summed E-state index contributed by atoms with van der Waals surface area (Å²) in [7, 11) is 0. The molecule has 1 aliphatic rings. The fourth-order valence-corrected chi connectivity index (χ4v) is 0. The molecule has 24 valence electrons. The van der Waals surface area contributed by atoms with Gasteiger partial charge in [-0.05, 0) is 0 Å². The molecular weight excluding hydrogens is 140 g/mol. The average molecular weight is 143 g/mol. The van der Waals surface area contributed by atoms with Crippen molar-refractivity contribution in [3.05, 3.63) is 12.2 Å². The molecule has 0 amide bonds. The normalized spacial score (nSPS) is 11.2. The first kappa shape index (κ1) is 9.37. The molecule has 0 heterocycles. The number of allylic oxidation sites excluding steroid dienone is 2. The zero-order valence-electron chi connectivity index (χ0n) is 2.87. The SMILES string of the molecule is [Br-].[C-]1=CC1.[Mg+2]. The van der Waals surface area contributed by atoms with Crippen molar-refractivity contribution in [1.82, 2.24) is 0 Å². The Kier molecular flexibility index (Phi) is 9.34. The van der Waals surface area contributed by atoms with Crippen molar-refractivity contribution in [1.29, 1.82) is 0 Å². The molecule has 0 aromatic heterocycles. The van der Waals surface area contributed by atoms with E-state index >= 15 is 0 Å². The summed E-state index contributed by atoms with van der Waals surface area (Å²) in [6.07, 6.45) is 6.00. The molecule has 1 rings (SSSR count). The van der Waals surface area contributed by atoms with E-state index in [1.807, 2.05) is 6.08 Å². The van der Waals surface area contributed by atoms with Gasteiger partial charge in [0.05, 0.1) is 0 Å². The maximum absolute atomic E-state index is 2.88. The van der Waals surface area contributed by atoms with Crippen molar-refractivity contribution in [3.8, 4) is 0 Å². The average Bonchev–Trinajstić information content (AvgIpc) is 1.46. The van der Waals surface area contributed by atoms with Crippen molar-refractivity contribution in [2.45, 2.75) is 6.42 Å². The molecular formula is C3H3BrMg. The van der Waals surface area contributed by atoms with Crippen LogP contribution in [0.3, 0.4) is 0 Å². The van der Waals surface area contributed by atoms with Crippen molar-refractivity contribution < 1.29 is 17.0 Å². The van der Waals surface area contributed by atoms with Gasteiger partial charge >= 0.3 is 23.1 Å². The summed E-state index contributed by atoms with van der Waals surface area (Å²) in [4.78, 5) is 0. The first-order valence-corrected chi connectivity index (χ1v) is 1.05. The topological polar surface area (TPSA) is 0 Å². The Morgan fingerprint density at radius 1 is 1.60 bits per heavy atom. The number of hydrogen-bond acceptors (Lipinski definition) is 0. The molecule has 1 aliphatic carbocycles. The van der Waals surface area contributed by atoms with Crippen LogP contribution >= 0.6 is 0 Å². The van der Waals surface area contributed by atoms with Crippen LogP contribution in [-0.2, 0) is 0 Å². The van der Waals surface area contributed by atoms with E-state index in [1.54, 1.807) is 0 Å². The number of hydrogen-bond donors (Lipinski definition) is 0. The predicted octanol–water partition coefficient (Wildman–Crippen LogP) is -2.63. The van der Waals surface area contributed by atoms with Crippen LogP contribution < -0.4 is 17.0 Å². The molecule has 0 saturated heterocycles. The van der Waals surface area contributed by atoms with Crippen LogP contribution in [0, 0.1) is 6.08 Å². The molecule has 0 bridgehead atoms. The number of halogens is 1. The van der Waals surface area contributed by atoms with Crippen LogP contribution in [0.15, 0.2) is 6.08 Å². The largest absolute Gasteiger partial charge is 2.00 e. The van der Waals surface area contributed by atoms with E-state index in [4.69, 9.17) is 0 Å². The monoisotopic (exact) mass is 142 g/mol. The number of rotatable bonds is 0. The summed E-state index contributed by atoms with van der Waals surface area (Å²) in [5.41, 5.74) is 0. The van der Waals surface area contributed by atoms with Gasteiger partial charge in [-0.15, -0.1) is 0 Å². The molecule has 2 heteroatoms. The van der Waals surface area contributed by atoms with Gasteiger partial charge in [0.25, 0.3) is 0 Å². The third-order valence-corrected chi connectivity index (χ3v) is 0.204. The van der Waals surface area contributed by atoms with Gasteiger partial charge in [0, 0.05) is 0 Å². The molecule has 0 aliphatic heterocycles. The van der Waals surface area contributed by atoms with Crippen LogP contribution in [0.2, 0.25) is 0 Å². The predicted molar refractivity (Wildman–Crippen MR) is 18.2 cm³/mol. The third-order valence-electron chi connectivity index (χ3n) is 0.204. The Bertz CT molecular complexity index is 29.9. The quantitative estimate of drug-likeness (QED) is 0.257. The summed E-state index contributed by atoms with van der Waals surface area (Å²) in [6.45, 7) is 0. The van der Waals surface area contributed by atoms with Gasteiger partial charge in [0.2, 0.25) is 0 Å². The second-order valence-corrected chi connectivity index (χ2v) is 0.612. The summed E-state index contributed by atoms with van der Waals surface area (Å²) >= 11 is 0. The van der Waals surface area contributed by atoms with Crippen LogP contribution in [-0.4, -0.2) is 23.1 Å².